The summed E-state index contributed by atoms with van der Waals surface area (Å²) in [6.45, 7) is 0. The fourth-order valence-electron chi connectivity index (χ4n) is 3.37. The van der Waals surface area contributed by atoms with Crippen molar-refractivity contribution in [1.29, 1.82) is 0 Å². The lowest BCUT2D eigenvalue weighted by atomic mass is 9.96. The molecule has 0 radical (unpaired) electrons. The van der Waals surface area contributed by atoms with E-state index in [9.17, 15) is 13.2 Å². The van der Waals surface area contributed by atoms with E-state index in [4.69, 9.17) is 0 Å². The molecule has 120 valence electrons. The van der Waals surface area contributed by atoms with Crippen molar-refractivity contribution in [1.82, 2.24) is 0 Å². The fourth-order valence-corrected chi connectivity index (χ4v) is 5.47. The Bertz CT molecular complexity index is 685. The highest BCUT2D eigenvalue weighted by molar-refractivity contribution is 7.98. The van der Waals surface area contributed by atoms with Gasteiger partial charge in [-0.3, -0.25) is 4.79 Å². The van der Waals surface area contributed by atoms with Gasteiger partial charge < -0.3 is 4.90 Å². The second kappa shape index (κ2) is 5.57. The molecule has 1 saturated heterocycles. The van der Waals surface area contributed by atoms with Crippen molar-refractivity contribution in [3.05, 3.63) is 24.3 Å². The minimum atomic E-state index is -2.87. The summed E-state index contributed by atoms with van der Waals surface area (Å²) in [5.74, 6) is 0.591. The number of anilines is 1. The fraction of sp³-hybridized carbons (Fsp3) is 0.562. The number of amides is 1. The molecule has 3 rings (SSSR count). The van der Waals surface area contributed by atoms with Crippen molar-refractivity contribution in [2.75, 3.05) is 29.7 Å². The topological polar surface area (TPSA) is 54.5 Å². The molecule has 4 nitrogen and oxygen atoms in total. The predicted molar refractivity (Wildman–Crippen MR) is 90.1 cm³/mol. The Labute approximate surface area is 136 Å². The van der Waals surface area contributed by atoms with Crippen LogP contribution in [-0.4, -0.2) is 39.1 Å². The number of hydrogen-bond acceptors (Lipinski definition) is 4. The molecule has 1 saturated carbocycles. The van der Waals surface area contributed by atoms with Gasteiger partial charge in [-0.05, 0) is 49.1 Å². The van der Waals surface area contributed by atoms with Gasteiger partial charge in [0.15, 0.2) is 0 Å². The molecular formula is C16H21NO3S2. The molecule has 2 fully saturated rings. The van der Waals surface area contributed by atoms with Crippen LogP contribution in [0.5, 0.6) is 0 Å². The lowest BCUT2D eigenvalue weighted by Gasteiger charge is -2.24. The van der Waals surface area contributed by atoms with Gasteiger partial charge in [-0.15, -0.1) is 11.8 Å². The summed E-state index contributed by atoms with van der Waals surface area (Å²) in [4.78, 5) is 15.6. The average molecular weight is 339 g/mol. The molecule has 0 bridgehead atoms. The zero-order valence-corrected chi connectivity index (χ0v) is 14.5. The van der Waals surface area contributed by atoms with E-state index in [1.54, 1.807) is 16.7 Å². The molecule has 0 N–H and O–H groups in total. The normalized spacial score (nSPS) is 24.9. The summed E-state index contributed by atoms with van der Waals surface area (Å²) in [7, 11) is -1.06. The minimum absolute atomic E-state index is 0.00839. The van der Waals surface area contributed by atoms with E-state index in [0.29, 0.717) is 12.8 Å². The summed E-state index contributed by atoms with van der Waals surface area (Å²) in [5.41, 5.74) is 0.857. The van der Waals surface area contributed by atoms with Gasteiger partial charge in [-0.2, -0.15) is 0 Å². The molecule has 1 aliphatic heterocycles. The summed E-state index contributed by atoms with van der Waals surface area (Å²) < 4.78 is 23.1. The number of carbonyl (C=O) groups excluding carboxylic acids is 1. The van der Waals surface area contributed by atoms with Crippen LogP contribution >= 0.6 is 11.8 Å². The molecule has 1 unspecified atom stereocenters. The van der Waals surface area contributed by atoms with Crippen LogP contribution in [0.4, 0.5) is 5.69 Å². The highest BCUT2D eigenvalue weighted by Gasteiger charge is 2.60. The molecule has 1 amide bonds. The van der Waals surface area contributed by atoms with Gasteiger partial charge in [0, 0.05) is 23.5 Å². The standard InChI is InChI=1S/C16H21NO3S2/c1-17(12-4-3-5-13(10-12)21-2)15(18)14-11-16(14)6-8-22(19,20)9-7-16/h3-5,10,14H,6-9,11H2,1-2H3. The van der Waals surface area contributed by atoms with Gasteiger partial charge in [0.2, 0.25) is 5.91 Å². The van der Waals surface area contributed by atoms with E-state index in [2.05, 4.69) is 0 Å². The Morgan fingerprint density at radius 1 is 1.32 bits per heavy atom. The maximum Gasteiger partial charge on any atom is 0.230 e. The van der Waals surface area contributed by atoms with Crippen molar-refractivity contribution in [2.24, 2.45) is 11.3 Å². The number of hydrogen-bond donors (Lipinski definition) is 0. The van der Waals surface area contributed by atoms with E-state index in [0.717, 1.165) is 17.0 Å². The highest BCUT2D eigenvalue weighted by Crippen LogP contribution is 2.60. The van der Waals surface area contributed by atoms with Crippen molar-refractivity contribution >= 4 is 33.2 Å². The maximum atomic E-state index is 12.7. The van der Waals surface area contributed by atoms with Gasteiger partial charge in [-0.25, -0.2) is 8.42 Å². The third-order valence-corrected chi connectivity index (χ3v) is 7.46. The van der Waals surface area contributed by atoms with Crippen molar-refractivity contribution < 1.29 is 13.2 Å². The molecule has 0 aromatic heterocycles. The molecule has 1 aliphatic carbocycles. The largest absolute Gasteiger partial charge is 0.315 e. The molecule has 1 aromatic carbocycles. The summed E-state index contributed by atoms with van der Waals surface area (Å²) in [6, 6.07) is 7.94. The average Bonchev–Trinajstić information content (AvgIpc) is 3.24. The zero-order valence-electron chi connectivity index (χ0n) is 12.9. The minimum Gasteiger partial charge on any atom is -0.315 e. The van der Waals surface area contributed by atoms with Crippen LogP contribution in [0.1, 0.15) is 19.3 Å². The Morgan fingerprint density at radius 3 is 2.64 bits per heavy atom. The Hall–Kier alpha value is -1.01. The number of carbonyl (C=O) groups is 1. The van der Waals surface area contributed by atoms with E-state index < -0.39 is 9.84 Å². The monoisotopic (exact) mass is 339 g/mol. The van der Waals surface area contributed by atoms with Crippen LogP contribution in [0, 0.1) is 11.3 Å². The molecule has 22 heavy (non-hydrogen) atoms. The number of nitrogens with zero attached hydrogens (tertiary/aromatic N) is 1. The van der Waals surface area contributed by atoms with Crippen molar-refractivity contribution in [3.8, 4) is 0 Å². The van der Waals surface area contributed by atoms with Crippen LogP contribution in [-0.2, 0) is 14.6 Å². The summed E-state index contributed by atoms with van der Waals surface area (Å²) in [5, 5.41) is 0. The first-order valence-corrected chi connectivity index (χ1v) is 10.5. The molecule has 1 aromatic rings. The van der Waals surface area contributed by atoms with Gasteiger partial charge in [0.25, 0.3) is 0 Å². The van der Waals surface area contributed by atoms with Crippen LogP contribution in [0.15, 0.2) is 29.2 Å². The maximum absolute atomic E-state index is 12.7. The molecular weight excluding hydrogens is 318 g/mol. The lowest BCUT2D eigenvalue weighted by Crippen LogP contribution is -2.33. The molecule has 1 spiro atoms. The second-order valence-corrected chi connectivity index (χ2v) is 9.55. The van der Waals surface area contributed by atoms with Crippen molar-refractivity contribution in [2.45, 2.75) is 24.2 Å². The molecule has 2 aliphatic rings. The second-order valence-electron chi connectivity index (χ2n) is 6.37. The van der Waals surface area contributed by atoms with E-state index >= 15 is 0 Å². The van der Waals surface area contributed by atoms with E-state index in [1.165, 1.54) is 0 Å². The quantitative estimate of drug-likeness (QED) is 0.794. The predicted octanol–water partition coefficient (Wildman–Crippen LogP) is 2.59. The molecule has 1 heterocycles. The van der Waals surface area contributed by atoms with E-state index in [1.807, 2.05) is 37.6 Å². The Balaban J connectivity index is 1.70. The zero-order chi connectivity index (χ0) is 16.0. The summed E-state index contributed by atoms with van der Waals surface area (Å²) >= 11 is 1.65. The Kier molecular flexibility index (Phi) is 4.01. The highest BCUT2D eigenvalue weighted by atomic mass is 32.2. The first kappa shape index (κ1) is 15.9. The molecule has 1 atom stereocenters. The van der Waals surface area contributed by atoms with Gasteiger partial charge >= 0.3 is 0 Å². The van der Waals surface area contributed by atoms with Gasteiger partial charge in [0.05, 0.1) is 11.5 Å². The number of sulfone groups is 1. The smallest absolute Gasteiger partial charge is 0.230 e. The Morgan fingerprint density at radius 2 is 2.00 bits per heavy atom. The first-order chi connectivity index (χ1) is 10.4. The van der Waals surface area contributed by atoms with E-state index in [-0.39, 0.29) is 28.7 Å². The van der Waals surface area contributed by atoms with Gasteiger partial charge in [-0.1, -0.05) is 6.07 Å². The SMILES string of the molecule is CSc1cccc(N(C)C(=O)C2CC23CCS(=O)(=O)CC3)c1. The van der Waals surface area contributed by atoms with Crippen LogP contribution < -0.4 is 4.90 Å². The number of rotatable bonds is 3. The first-order valence-electron chi connectivity index (χ1n) is 7.49. The summed E-state index contributed by atoms with van der Waals surface area (Å²) in [6.07, 6.45) is 4.14. The number of benzene rings is 1. The van der Waals surface area contributed by atoms with Crippen molar-refractivity contribution in [3.63, 3.8) is 0 Å². The molecule has 6 heteroatoms. The third-order valence-electron chi connectivity index (χ3n) is 5.08. The third kappa shape index (κ3) is 2.91. The van der Waals surface area contributed by atoms with Crippen LogP contribution in [0.2, 0.25) is 0 Å². The van der Waals surface area contributed by atoms with Crippen LogP contribution in [0.25, 0.3) is 0 Å². The van der Waals surface area contributed by atoms with Crippen LogP contribution in [0.3, 0.4) is 0 Å². The van der Waals surface area contributed by atoms with Gasteiger partial charge in [0.1, 0.15) is 9.84 Å². The lowest BCUT2D eigenvalue weighted by molar-refractivity contribution is -0.120. The number of thioether (sulfide) groups is 1.